The summed E-state index contributed by atoms with van der Waals surface area (Å²) in [6.07, 6.45) is 20.7. The van der Waals surface area contributed by atoms with Gasteiger partial charge in [0.1, 0.15) is 0 Å². The SMILES string of the molecule is C1CCC2=NCCCN2CC1.CCCC=CCCCCCC. The van der Waals surface area contributed by atoms with Crippen LogP contribution in [0.1, 0.15) is 90.9 Å². The van der Waals surface area contributed by atoms with Crippen LogP contribution in [0.5, 0.6) is 0 Å². The molecular formula is C20H38N2. The number of unbranched alkanes of at least 4 members (excludes halogenated alkanes) is 5. The van der Waals surface area contributed by atoms with E-state index in [0.29, 0.717) is 0 Å². The maximum atomic E-state index is 4.55. The second-order valence-electron chi connectivity index (χ2n) is 6.56. The molecule has 1 fully saturated rings. The van der Waals surface area contributed by atoms with Gasteiger partial charge in [-0.05, 0) is 38.5 Å². The van der Waals surface area contributed by atoms with E-state index in [2.05, 4.69) is 35.9 Å². The van der Waals surface area contributed by atoms with Gasteiger partial charge in [0, 0.05) is 26.1 Å². The van der Waals surface area contributed by atoms with E-state index in [-0.39, 0.29) is 0 Å². The summed E-state index contributed by atoms with van der Waals surface area (Å²) < 4.78 is 0. The van der Waals surface area contributed by atoms with Crippen molar-refractivity contribution in [1.82, 2.24) is 4.90 Å². The van der Waals surface area contributed by atoms with Crippen molar-refractivity contribution in [2.75, 3.05) is 19.6 Å². The highest BCUT2D eigenvalue weighted by molar-refractivity contribution is 5.83. The van der Waals surface area contributed by atoms with Crippen molar-refractivity contribution in [3.63, 3.8) is 0 Å². The topological polar surface area (TPSA) is 15.6 Å². The molecule has 0 bridgehead atoms. The van der Waals surface area contributed by atoms with Crippen LogP contribution in [-0.2, 0) is 0 Å². The first-order chi connectivity index (χ1) is 10.9. The Morgan fingerprint density at radius 1 is 0.864 bits per heavy atom. The van der Waals surface area contributed by atoms with Gasteiger partial charge in [0.15, 0.2) is 0 Å². The van der Waals surface area contributed by atoms with E-state index in [9.17, 15) is 0 Å². The molecule has 0 saturated carbocycles. The average molecular weight is 307 g/mol. The lowest BCUT2D eigenvalue weighted by Crippen LogP contribution is -2.34. The van der Waals surface area contributed by atoms with E-state index in [1.165, 1.54) is 96.0 Å². The molecule has 2 nitrogen and oxygen atoms in total. The van der Waals surface area contributed by atoms with Crippen molar-refractivity contribution in [2.45, 2.75) is 90.9 Å². The van der Waals surface area contributed by atoms with Gasteiger partial charge in [-0.15, -0.1) is 0 Å². The monoisotopic (exact) mass is 306 g/mol. The molecule has 2 heteroatoms. The molecule has 0 atom stereocenters. The Morgan fingerprint density at radius 3 is 2.50 bits per heavy atom. The molecule has 2 rings (SSSR count). The van der Waals surface area contributed by atoms with Crippen molar-refractivity contribution in [1.29, 1.82) is 0 Å². The zero-order valence-corrected chi connectivity index (χ0v) is 15.2. The van der Waals surface area contributed by atoms with E-state index < -0.39 is 0 Å². The van der Waals surface area contributed by atoms with Gasteiger partial charge in [-0.1, -0.05) is 58.1 Å². The number of hydrogen-bond donors (Lipinski definition) is 0. The lowest BCUT2D eigenvalue weighted by atomic mass is 10.1. The Labute approximate surface area is 139 Å². The van der Waals surface area contributed by atoms with Crippen LogP contribution in [0.4, 0.5) is 0 Å². The Bertz CT molecular complexity index is 307. The van der Waals surface area contributed by atoms with Gasteiger partial charge in [0.25, 0.3) is 0 Å². The number of fused-ring (bicyclic) bond motifs is 1. The van der Waals surface area contributed by atoms with Gasteiger partial charge >= 0.3 is 0 Å². The Morgan fingerprint density at radius 2 is 1.68 bits per heavy atom. The highest BCUT2D eigenvalue weighted by atomic mass is 15.2. The summed E-state index contributed by atoms with van der Waals surface area (Å²) >= 11 is 0. The molecule has 0 amide bonds. The van der Waals surface area contributed by atoms with E-state index in [0.717, 1.165) is 6.54 Å². The van der Waals surface area contributed by atoms with Gasteiger partial charge in [0.2, 0.25) is 0 Å². The molecule has 0 spiro atoms. The van der Waals surface area contributed by atoms with Crippen LogP contribution in [0.15, 0.2) is 17.1 Å². The lowest BCUT2D eigenvalue weighted by Gasteiger charge is -2.27. The summed E-state index contributed by atoms with van der Waals surface area (Å²) in [6, 6.07) is 0. The predicted molar refractivity (Wildman–Crippen MR) is 99.8 cm³/mol. The zero-order valence-electron chi connectivity index (χ0n) is 15.2. The number of amidine groups is 1. The fraction of sp³-hybridized carbons (Fsp3) is 0.850. The molecule has 22 heavy (non-hydrogen) atoms. The van der Waals surface area contributed by atoms with Crippen molar-refractivity contribution in [3.8, 4) is 0 Å². The third-order valence-electron chi connectivity index (χ3n) is 4.42. The van der Waals surface area contributed by atoms with Gasteiger partial charge in [0.05, 0.1) is 5.84 Å². The molecule has 2 heterocycles. The van der Waals surface area contributed by atoms with Crippen LogP contribution < -0.4 is 0 Å². The molecule has 2 aliphatic heterocycles. The summed E-state index contributed by atoms with van der Waals surface area (Å²) in [5.74, 6) is 1.40. The normalized spacial score (nSPS) is 18.3. The van der Waals surface area contributed by atoms with Crippen molar-refractivity contribution in [2.24, 2.45) is 4.99 Å². The number of nitrogens with zero attached hydrogens (tertiary/aromatic N) is 2. The predicted octanol–water partition coefficient (Wildman–Crippen LogP) is 5.98. The summed E-state index contributed by atoms with van der Waals surface area (Å²) in [5.41, 5.74) is 0. The number of hydrogen-bond acceptors (Lipinski definition) is 2. The molecular weight excluding hydrogens is 268 g/mol. The minimum Gasteiger partial charge on any atom is -0.360 e. The Balaban J connectivity index is 0.000000220. The van der Waals surface area contributed by atoms with Gasteiger partial charge in [-0.2, -0.15) is 0 Å². The van der Waals surface area contributed by atoms with E-state index in [1.54, 1.807) is 0 Å². The number of allylic oxidation sites excluding steroid dienone is 2. The largest absolute Gasteiger partial charge is 0.360 e. The molecule has 0 aromatic carbocycles. The highest BCUT2D eigenvalue weighted by Gasteiger charge is 2.16. The van der Waals surface area contributed by atoms with Crippen LogP contribution in [0.3, 0.4) is 0 Å². The molecule has 0 radical (unpaired) electrons. The van der Waals surface area contributed by atoms with Crippen molar-refractivity contribution in [3.05, 3.63) is 12.2 Å². The van der Waals surface area contributed by atoms with Gasteiger partial charge in [-0.25, -0.2) is 0 Å². The van der Waals surface area contributed by atoms with E-state index >= 15 is 0 Å². The first-order valence-corrected chi connectivity index (χ1v) is 9.81. The third kappa shape index (κ3) is 9.27. The summed E-state index contributed by atoms with van der Waals surface area (Å²) in [5, 5.41) is 0. The van der Waals surface area contributed by atoms with Crippen LogP contribution >= 0.6 is 0 Å². The summed E-state index contributed by atoms with van der Waals surface area (Å²) in [6.45, 7) is 8.08. The molecule has 0 aliphatic carbocycles. The maximum absolute atomic E-state index is 4.55. The minimum absolute atomic E-state index is 1.08. The standard InChI is InChI=1S/C11H22.C9H16N2/c1-3-5-7-9-11-10-8-6-4-2;1-2-5-9-10-6-4-8-11(9)7-3-1/h7,9H,3-6,8,10-11H2,1-2H3;1-8H2. The summed E-state index contributed by atoms with van der Waals surface area (Å²) in [7, 11) is 0. The number of rotatable bonds is 7. The lowest BCUT2D eigenvalue weighted by molar-refractivity contribution is 0.391. The van der Waals surface area contributed by atoms with E-state index in [1.807, 2.05) is 0 Å². The first kappa shape index (κ1) is 19.3. The zero-order chi connectivity index (χ0) is 15.9. The van der Waals surface area contributed by atoms with E-state index in [4.69, 9.17) is 0 Å². The quantitative estimate of drug-likeness (QED) is 0.417. The smallest absolute Gasteiger partial charge is 0.0988 e. The average Bonchev–Trinajstić information content (AvgIpc) is 2.80. The molecule has 0 unspecified atom stereocenters. The highest BCUT2D eigenvalue weighted by Crippen LogP contribution is 2.15. The third-order valence-corrected chi connectivity index (χ3v) is 4.42. The van der Waals surface area contributed by atoms with Crippen LogP contribution in [-0.4, -0.2) is 30.4 Å². The van der Waals surface area contributed by atoms with Crippen LogP contribution in [0, 0.1) is 0 Å². The molecule has 0 aromatic heterocycles. The first-order valence-electron chi connectivity index (χ1n) is 9.81. The molecule has 128 valence electrons. The van der Waals surface area contributed by atoms with Crippen molar-refractivity contribution < 1.29 is 0 Å². The fourth-order valence-electron chi connectivity index (χ4n) is 3.03. The molecule has 0 N–H and O–H groups in total. The van der Waals surface area contributed by atoms with Crippen LogP contribution in [0.25, 0.3) is 0 Å². The number of aliphatic imine (C=N–C) groups is 1. The van der Waals surface area contributed by atoms with Gasteiger partial charge in [-0.3, -0.25) is 4.99 Å². The molecule has 0 aromatic rings. The van der Waals surface area contributed by atoms with Gasteiger partial charge < -0.3 is 4.90 Å². The van der Waals surface area contributed by atoms with Crippen molar-refractivity contribution >= 4 is 5.84 Å². The Hall–Kier alpha value is -0.790. The minimum atomic E-state index is 1.08. The summed E-state index contributed by atoms with van der Waals surface area (Å²) in [4.78, 5) is 7.04. The molecule has 1 saturated heterocycles. The second-order valence-corrected chi connectivity index (χ2v) is 6.56. The maximum Gasteiger partial charge on any atom is 0.0988 e. The fourth-order valence-corrected chi connectivity index (χ4v) is 3.03. The Kier molecular flexibility index (Phi) is 12.1. The molecule has 2 aliphatic rings. The van der Waals surface area contributed by atoms with Crippen LogP contribution in [0.2, 0.25) is 0 Å². The second kappa shape index (κ2) is 13.8.